The lowest BCUT2D eigenvalue weighted by Gasteiger charge is -2.21. The van der Waals surface area contributed by atoms with Gasteiger partial charge in [-0.1, -0.05) is 30.3 Å². The van der Waals surface area contributed by atoms with Crippen LogP contribution in [0.25, 0.3) is 0 Å². The van der Waals surface area contributed by atoms with Gasteiger partial charge in [-0.2, -0.15) is 0 Å². The first kappa shape index (κ1) is 16.5. The molecule has 3 N–H and O–H groups in total. The molecule has 1 amide bonds. The number of benzene rings is 2. The van der Waals surface area contributed by atoms with Gasteiger partial charge in [0.15, 0.2) is 6.04 Å². The fourth-order valence-corrected chi connectivity index (χ4v) is 2.11. The Morgan fingerprint density at radius 3 is 2.39 bits per heavy atom. The van der Waals surface area contributed by atoms with Gasteiger partial charge in [0.2, 0.25) is 0 Å². The molecule has 6 heteroatoms. The Hall–Kier alpha value is -2.86. The van der Waals surface area contributed by atoms with Crippen LogP contribution < -0.4 is 10.1 Å². The quantitative estimate of drug-likeness (QED) is 0.752. The van der Waals surface area contributed by atoms with E-state index in [9.17, 15) is 19.8 Å². The Kier molecular flexibility index (Phi) is 5.32. The number of hydrogen-bond acceptors (Lipinski definition) is 4. The molecule has 0 fully saturated rings. The summed E-state index contributed by atoms with van der Waals surface area (Å²) in [7, 11) is 1.47. The van der Waals surface area contributed by atoms with Crippen molar-refractivity contribution in [3.05, 3.63) is 65.7 Å². The van der Waals surface area contributed by atoms with E-state index in [1.165, 1.54) is 13.2 Å². The summed E-state index contributed by atoms with van der Waals surface area (Å²) in [6.07, 6.45) is -1.41. The first-order valence-electron chi connectivity index (χ1n) is 6.93. The van der Waals surface area contributed by atoms with Crippen molar-refractivity contribution in [3.8, 4) is 5.75 Å². The minimum atomic E-state index is -1.48. The molecule has 23 heavy (non-hydrogen) atoms. The van der Waals surface area contributed by atoms with Crippen LogP contribution in [0.1, 0.15) is 22.0 Å². The Balaban J connectivity index is 2.20. The van der Waals surface area contributed by atoms with Crippen molar-refractivity contribution in [1.82, 2.24) is 5.32 Å². The number of methoxy groups -OCH3 is 1. The van der Waals surface area contributed by atoms with Gasteiger partial charge in [0.25, 0.3) is 5.91 Å². The van der Waals surface area contributed by atoms with Crippen molar-refractivity contribution in [2.45, 2.75) is 12.1 Å². The predicted molar refractivity (Wildman–Crippen MR) is 83.3 cm³/mol. The van der Waals surface area contributed by atoms with E-state index < -0.39 is 24.0 Å². The Bertz CT molecular complexity index is 686. The van der Waals surface area contributed by atoms with E-state index in [-0.39, 0.29) is 0 Å². The van der Waals surface area contributed by atoms with Gasteiger partial charge in [0, 0.05) is 5.56 Å². The number of amides is 1. The molecule has 0 heterocycles. The van der Waals surface area contributed by atoms with Crippen LogP contribution in [0, 0.1) is 0 Å². The molecule has 0 aliphatic heterocycles. The maximum Gasteiger partial charge on any atom is 0.329 e. The van der Waals surface area contributed by atoms with Crippen molar-refractivity contribution in [3.63, 3.8) is 0 Å². The normalized spacial score (nSPS) is 13.0. The highest BCUT2D eigenvalue weighted by molar-refractivity contribution is 5.96. The molecule has 0 saturated heterocycles. The van der Waals surface area contributed by atoms with E-state index in [4.69, 9.17) is 4.74 Å². The second-order valence-electron chi connectivity index (χ2n) is 4.88. The van der Waals surface area contributed by atoms with Gasteiger partial charge >= 0.3 is 5.97 Å². The molecule has 1 unspecified atom stereocenters. The number of carbonyl (C=O) groups excluding carboxylic acids is 1. The summed E-state index contributed by atoms with van der Waals surface area (Å²) in [6, 6.07) is 13.1. The first-order valence-corrected chi connectivity index (χ1v) is 6.93. The zero-order valence-corrected chi connectivity index (χ0v) is 12.5. The molecule has 0 saturated carbocycles. The smallest absolute Gasteiger partial charge is 0.329 e. The molecular weight excluding hydrogens is 298 g/mol. The molecular formula is C17H17NO5. The lowest BCUT2D eigenvalue weighted by molar-refractivity contribution is -0.142. The van der Waals surface area contributed by atoms with Gasteiger partial charge < -0.3 is 20.3 Å². The number of carboxylic acid groups (broad SMARTS) is 1. The minimum Gasteiger partial charge on any atom is -0.497 e. The monoisotopic (exact) mass is 315 g/mol. The zero-order valence-electron chi connectivity index (χ0n) is 12.5. The number of ether oxygens (including phenoxy) is 1. The van der Waals surface area contributed by atoms with Crippen LogP contribution in [0.15, 0.2) is 54.6 Å². The zero-order chi connectivity index (χ0) is 16.8. The molecule has 0 bridgehead atoms. The molecule has 2 atom stereocenters. The van der Waals surface area contributed by atoms with E-state index in [1.54, 1.807) is 48.5 Å². The minimum absolute atomic E-state index is 0.316. The number of rotatable bonds is 6. The maximum atomic E-state index is 12.1. The number of nitrogens with one attached hydrogen (secondary N) is 1. The average Bonchev–Trinajstić information content (AvgIpc) is 2.59. The lowest BCUT2D eigenvalue weighted by atomic mass is 10.0. The van der Waals surface area contributed by atoms with Gasteiger partial charge in [-0.25, -0.2) is 4.79 Å². The van der Waals surface area contributed by atoms with Crippen molar-refractivity contribution in [2.75, 3.05) is 7.11 Å². The van der Waals surface area contributed by atoms with Crippen LogP contribution in [0.2, 0.25) is 0 Å². The lowest BCUT2D eigenvalue weighted by Crippen LogP contribution is -2.45. The standard InChI is InChI=1S/C17H17NO5/c1-23-13-9-5-8-12(10-13)15(19)14(17(21)22)18-16(20)11-6-3-2-4-7-11/h2-10,14-15,19H,1H3,(H,18,20)(H,21,22)/t14-,15?/m0/s1. The van der Waals surface area contributed by atoms with Crippen molar-refractivity contribution in [2.24, 2.45) is 0 Å². The maximum absolute atomic E-state index is 12.1. The van der Waals surface area contributed by atoms with E-state index in [2.05, 4.69) is 5.32 Å². The Labute approximate surface area is 133 Å². The van der Waals surface area contributed by atoms with Crippen molar-refractivity contribution < 1.29 is 24.5 Å². The van der Waals surface area contributed by atoms with Gasteiger partial charge in [-0.15, -0.1) is 0 Å². The molecule has 0 aliphatic rings. The van der Waals surface area contributed by atoms with Gasteiger partial charge in [-0.05, 0) is 29.8 Å². The third-order valence-electron chi connectivity index (χ3n) is 3.34. The Morgan fingerprint density at radius 2 is 1.78 bits per heavy atom. The van der Waals surface area contributed by atoms with E-state index in [0.717, 1.165) is 0 Å². The largest absolute Gasteiger partial charge is 0.497 e. The summed E-state index contributed by atoms with van der Waals surface area (Å²) in [4.78, 5) is 23.5. The molecule has 2 rings (SSSR count). The van der Waals surface area contributed by atoms with Gasteiger partial charge in [0.1, 0.15) is 11.9 Å². The Morgan fingerprint density at radius 1 is 1.09 bits per heavy atom. The molecule has 0 spiro atoms. The highest BCUT2D eigenvalue weighted by Gasteiger charge is 2.30. The average molecular weight is 315 g/mol. The topological polar surface area (TPSA) is 95.9 Å². The first-order chi connectivity index (χ1) is 11.0. The molecule has 0 aliphatic carbocycles. The fourth-order valence-electron chi connectivity index (χ4n) is 2.11. The van der Waals surface area contributed by atoms with Crippen LogP contribution in [-0.4, -0.2) is 35.2 Å². The summed E-state index contributed by atoms with van der Waals surface area (Å²) >= 11 is 0. The molecule has 0 aromatic heterocycles. The highest BCUT2D eigenvalue weighted by Crippen LogP contribution is 2.22. The van der Waals surface area contributed by atoms with E-state index in [0.29, 0.717) is 16.9 Å². The highest BCUT2D eigenvalue weighted by atomic mass is 16.5. The van der Waals surface area contributed by atoms with E-state index >= 15 is 0 Å². The van der Waals surface area contributed by atoms with Crippen LogP contribution in [-0.2, 0) is 4.79 Å². The van der Waals surface area contributed by atoms with Crippen LogP contribution in [0.5, 0.6) is 5.75 Å². The van der Waals surface area contributed by atoms with Crippen LogP contribution in [0.4, 0.5) is 0 Å². The second-order valence-corrected chi connectivity index (χ2v) is 4.88. The summed E-state index contributed by atoms with van der Waals surface area (Å²) in [6.45, 7) is 0. The number of carbonyl (C=O) groups is 2. The molecule has 2 aromatic carbocycles. The van der Waals surface area contributed by atoms with Crippen LogP contribution in [0.3, 0.4) is 0 Å². The fraction of sp³-hybridized carbons (Fsp3) is 0.176. The molecule has 6 nitrogen and oxygen atoms in total. The van der Waals surface area contributed by atoms with E-state index in [1.807, 2.05) is 0 Å². The summed E-state index contributed by atoms with van der Waals surface area (Å²) in [5.41, 5.74) is 0.654. The van der Waals surface area contributed by atoms with Crippen molar-refractivity contribution >= 4 is 11.9 Å². The predicted octanol–water partition coefficient (Wildman–Crippen LogP) is 1.61. The SMILES string of the molecule is COc1cccc(C(O)[C@H](NC(=O)c2ccccc2)C(=O)O)c1. The summed E-state index contributed by atoms with van der Waals surface area (Å²) in [5.74, 6) is -1.41. The third kappa shape index (κ3) is 4.08. The van der Waals surface area contributed by atoms with Crippen LogP contribution >= 0.6 is 0 Å². The van der Waals surface area contributed by atoms with Gasteiger partial charge in [-0.3, -0.25) is 4.79 Å². The number of aliphatic hydroxyl groups excluding tert-OH is 1. The van der Waals surface area contributed by atoms with Crippen molar-refractivity contribution in [1.29, 1.82) is 0 Å². The number of carboxylic acids is 1. The molecule has 120 valence electrons. The molecule has 0 radical (unpaired) electrons. The number of aliphatic carboxylic acids is 1. The summed E-state index contributed by atoms with van der Waals surface area (Å²) in [5, 5.41) is 22.0. The number of hydrogen-bond donors (Lipinski definition) is 3. The third-order valence-corrected chi connectivity index (χ3v) is 3.34. The second kappa shape index (κ2) is 7.42. The van der Waals surface area contributed by atoms with Gasteiger partial charge in [0.05, 0.1) is 7.11 Å². The summed E-state index contributed by atoms with van der Waals surface area (Å²) < 4.78 is 5.05. The number of aliphatic hydroxyl groups is 1. The molecule has 2 aromatic rings.